The van der Waals surface area contributed by atoms with E-state index in [2.05, 4.69) is 108 Å². The van der Waals surface area contributed by atoms with E-state index >= 15 is 0 Å². The molecular formula is C30H20ClN. The van der Waals surface area contributed by atoms with E-state index in [-0.39, 0.29) is 0 Å². The second kappa shape index (κ2) is 7.71. The van der Waals surface area contributed by atoms with Crippen LogP contribution in [-0.2, 0) is 0 Å². The standard InChI is InChI=1S/C30H20ClN/c31-24-12-7-10-22(20-24)21-9-6-11-23(19-21)26-16-8-18-29-30(26)27-15-4-5-17-28(27)32(29)25-13-2-1-3-14-25/h1-20H. The van der Waals surface area contributed by atoms with Gasteiger partial charge in [-0.3, -0.25) is 0 Å². The first-order valence-corrected chi connectivity index (χ1v) is 11.1. The molecule has 1 nitrogen and oxygen atoms in total. The zero-order chi connectivity index (χ0) is 21.5. The Morgan fingerprint density at radius 1 is 0.500 bits per heavy atom. The molecule has 0 fully saturated rings. The highest BCUT2D eigenvalue weighted by atomic mass is 35.5. The normalized spacial score (nSPS) is 11.3. The summed E-state index contributed by atoms with van der Waals surface area (Å²) in [4.78, 5) is 0. The molecule has 0 atom stereocenters. The first-order chi connectivity index (χ1) is 15.8. The molecule has 1 aromatic heterocycles. The number of hydrogen-bond donors (Lipinski definition) is 0. The molecule has 0 bridgehead atoms. The van der Waals surface area contributed by atoms with E-state index in [1.807, 2.05) is 18.2 Å². The number of rotatable bonds is 3. The van der Waals surface area contributed by atoms with Crippen LogP contribution in [0.1, 0.15) is 0 Å². The number of para-hydroxylation sites is 2. The SMILES string of the molecule is Clc1cccc(-c2cccc(-c3cccc4c3c3ccccc3n4-c3ccccc3)c2)c1. The van der Waals surface area contributed by atoms with Crippen molar-refractivity contribution in [1.29, 1.82) is 0 Å². The Morgan fingerprint density at radius 3 is 2.00 bits per heavy atom. The van der Waals surface area contributed by atoms with Gasteiger partial charge >= 0.3 is 0 Å². The van der Waals surface area contributed by atoms with Gasteiger partial charge in [-0.15, -0.1) is 0 Å². The highest BCUT2D eigenvalue weighted by Gasteiger charge is 2.15. The largest absolute Gasteiger partial charge is 0.309 e. The van der Waals surface area contributed by atoms with Gasteiger partial charge in [0.1, 0.15) is 0 Å². The summed E-state index contributed by atoms with van der Waals surface area (Å²) in [7, 11) is 0. The van der Waals surface area contributed by atoms with Crippen LogP contribution in [0.5, 0.6) is 0 Å². The lowest BCUT2D eigenvalue weighted by Gasteiger charge is -2.10. The average molecular weight is 430 g/mol. The third-order valence-corrected chi connectivity index (χ3v) is 6.28. The molecule has 2 heteroatoms. The highest BCUT2D eigenvalue weighted by Crippen LogP contribution is 2.39. The Balaban J connectivity index is 1.64. The molecule has 0 saturated carbocycles. The fourth-order valence-corrected chi connectivity index (χ4v) is 4.84. The summed E-state index contributed by atoms with van der Waals surface area (Å²) in [6.45, 7) is 0. The van der Waals surface area contributed by atoms with Crippen molar-refractivity contribution in [2.24, 2.45) is 0 Å². The smallest absolute Gasteiger partial charge is 0.0547 e. The Morgan fingerprint density at radius 2 is 1.16 bits per heavy atom. The van der Waals surface area contributed by atoms with Gasteiger partial charge < -0.3 is 4.57 Å². The van der Waals surface area contributed by atoms with Crippen LogP contribution < -0.4 is 0 Å². The summed E-state index contributed by atoms with van der Waals surface area (Å²) < 4.78 is 2.36. The van der Waals surface area contributed by atoms with Crippen LogP contribution in [0.3, 0.4) is 0 Å². The topological polar surface area (TPSA) is 4.93 Å². The quantitative estimate of drug-likeness (QED) is 0.265. The van der Waals surface area contributed by atoms with E-state index in [0.29, 0.717) is 0 Å². The van der Waals surface area contributed by atoms with Gasteiger partial charge in [-0.2, -0.15) is 0 Å². The summed E-state index contributed by atoms with van der Waals surface area (Å²) in [6, 6.07) is 42.6. The maximum Gasteiger partial charge on any atom is 0.0547 e. The third-order valence-electron chi connectivity index (χ3n) is 6.04. The van der Waals surface area contributed by atoms with Crippen LogP contribution in [0.2, 0.25) is 5.02 Å². The van der Waals surface area contributed by atoms with E-state index < -0.39 is 0 Å². The van der Waals surface area contributed by atoms with Gasteiger partial charge in [0.15, 0.2) is 0 Å². The van der Waals surface area contributed by atoms with E-state index in [1.165, 1.54) is 38.6 Å². The minimum Gasteiger partial charge on any atom is -0.309 e. The van der Waals surface area contributed by atoms with Crippen molar-refractivity contribution in [2.75, 3.05) is 0 Å². The summed E-state index contributed by atoms with van der Waals surface area (Å²) in [5.74, 6) is 0. The molecule has 0 aliphatic carbocycles. The number of hydrogen-bond acceptors (Lipinski definition) is 0. The van der Waals surface area contributed by atoms with Crippen molar-refractivity contribution in [2.45, 2.75) is 0 Å². The van der Waals surface area contributed by atoms with Crippen LogP contribution >= 0.6 is 11.6 Å². The Labute approximate surface area is 192 Å². The summed E-state index contributed by atoms with van der Waals surface area (Å²) in [5.41, 5.74) is 8.31. The molecule has 0 spiro atoms. The van der Waals surface area contributed by atoms with Gasteiger partial charge in [0, 0.05) is 21.5 Å². The number of halogens is 1. The lowest BCUT2D eigenvalue weighted by molar-refractivity contribution is 1.18. The van der Waals surface area contributed by atoms with E-state index in [9.17, 15) is 0 Å². The predicted octanol–water partition coefficient (Wildman–Crippen LogP) is 8.77. The van der Waals surface area contributed by atoms with Crippen molar-refractivity contribution in [3.8, 4) is 27.9 Å². The van der Waals surface area contributed by atoms with Crippen molar-refractivity contribution in [3.63, 3.8) is 0 Å². The molecule has 0 saturated heterocycles. The molecular weight excluding hydrogens is 410 g/mol. The monoisotopic (exact) mass is 429 g/mol. The minimum absolute atomic E-state index is 0.751. The third kappa shape index (κ3) is 3.10. The van der Waals surface area contributed by atoms with E-state index in [4.69, 9.17) is 11.6 Å². The van der Waals surface area contributed by atoms with Gasteiger partial charge in [0.05, 0.1) is 11.0 Å². The van der Waals surface area contributed by atoms with E-state index in [1.54, 1.807) is 0 Å². The molecule has 0 N–H and O–H groups in total. The lowest BCUT2D eigenvalue weighted by atomic mass is 9.96. The molecule has 6 rings (SSSR count). The predicted molar refractivity (Wildman–Crippen MR) is 137 cm³/mol. The van der Waals surface area contributed by atoms with Crippen molar-refractivity contribution in [3.05, 3.63) is 126 Å². The fourth-order valence-electron chi connectivity index (χ4n) is 4.65. The minimum atomic E-state index is 0.751. The molecule has 5 aromatic carbocycles. The van der Waals surface area contributed by atoms with E-state index in [0.717, 1.165) is 16.1 Å². The number of fused-ring (bicyclic) bond motifs is 3. The van der Waals surface area contributed by atoms with Gasteiger partial charge in [0.2, 0.25) is 0 Å². The first-order valence-electron chi connectivity index (χ1n) is 10.7. The fraction of sp³-hybridized carbons (Fsp3) is 0. The molecule has 0 radical (unpaired) electrons. The molecule has 32 heavy (non-hydrogen) atoms. The van der Waals surface area contributed by atoms with Crippen molar-refractivity contribution >= 4 is 33.4 Å². The van der Waals surface area contributed by atoms with Crippen LogP contribution in [0.4, 0.5) is 0 Å². The molecule has 0 aliphatic heterocycles. The summed E-state index contributed by atoms with van der Waals surface area (Å²) >= 11 is 6.25. The van der Waals surface area contributed by atoms with Crippen LogP contribution in [0.25, 0.3) is 49.7 Å². The Hall–Kier alpha value is -3.81. The Bertz CT molecular complexity index is 1580. The number of aromatic nitrogens is 1. The molecule has 0 aliphatic rings. The maximum absolute atomic E-state index is 6.25. The Kier molecular flexibility index (Phi) is 4.56. The first kappa shape index (κ1) is 18.9. The second-order valence-corrected chi connectivity index (χ2v) is 8.42. The van der Waals surface area contributed by atoms with Crippen LogP contribution in [0, 0.1) is 0 Å². The molecule has 6 aromatic rings. The average Bonchev–Trinajstić information content (AvgIpc) is 3.19. The molecule has 0 amide bonds. The maximum atomic E-state index is 6.25. The van der Waals surface area contributed by atoms with Crippen molar-refractivity contribution < 1.29 is 0 Å². The summed E-state index contributed by atoms with van der Waals surface area (Å²) in [5, 5.41) is 3.28. The second-order valence-electron chi connectivity index (χ2n) is 7.98. The summed E-state index contributed by atoms with van der Waals surface area (Å²) in [6.07, 6.45) is 0. The molecule has 152 valence electrons. The number of nitrogens with zero attached hydrogens (tertiary/aromatic N) is 1. The zero-order valence-electron chi connectivity index (χ0n) is 17.4. The molecule has 1 heterocycles. The van der Waals surface area contributed by atoms with Crippen molar-refractivity contribution in [1.82, 2.24) is 4.57 Å². The zero-order valence-corrected chi connectivity index (χ0v) is 18.1. The lowest BCUT2D eigenvalue weighted by Crippen LogP contribution is -1.92. The van der Waals surface area contributed by atoms with Gasteiger partial charge in [0.25, 0.3) is 0 Å². The highest BCUT2D eigenvalue weighted by molar-refractivity contribution is 6.30. The van der Waals surface area contributed by atoms with Gasteiger partial charge in [-0.1, -0.05) is 90.5 Å². The van der Waals surface area contributed by atoms with Crippen LogP contribution in [0.15, 0.2) is 121 Å². The number of benzene rings is 5. The molecule has 0 unspecified atom stereocenters. The van der Waals surface area contributed by atoms with Gasteiger partial charge in [-0.05, 0) is 64.7 Å². The van der Waals surface area contributed by atoms with Gasteiger partial charge in [-0.25, -0.2) is 0 Å². The van der Waals surface area contributed by atoms with Crippen LogP contribution in [-0.4, -0.2) is 4.57 Å².